The molecule has 1 fully saturated rings. The van der Waals surface area contributed by atoms with Gasteiger partial charge in [0.1, 0.15) is 0 Å². The van der Waals surface area contributed by atoms with Crippen molar-refractivity contribution in [3.63, 3.8) is 0 Å². The number of amides is 2. The van der Waals surface area contributed by atoms with Crippen LogP contribution >= 0.6 is 0 Å². The number of ether oxygens (including phenoxy) is 1. The first-order valence-electron chi connectivity index (χ1n) is 8.48. The molecule has 0 spiro atoms. The highest BCUT2D eigenvalue weighted by atomic mass is 16.5. The molecule has 1 atom stereocenters. The fourth-order valence-corrected chi connectivity index (χ4v) is 2.56. The van der Waals surface area contributed by atoms with E-state index in [4.69, 9.17) is 4.74 Å². The fraction of sp³-hybridized carbons (Fsp3) is 0.421. The predicted molar refractivity (Wildman–Crippen MR) is 93.9 cm³/mol. The highest BCUT2D eigenvalue weighted by Gasteiger charge is 2.20. The Labute approximate surface area is 142 Å². The Morgan fingerprint density at radius 2 is 1.96 bits per heavy atom. The van der Waals surface area contributed by atoms with Gasteiger partial charge in [-0.1, -0.05) is 36.4 Å². The second kappa shape index (κ2) is 8.13. The summed E-state index contributed by atoms with van der Waals surface area (Å²) in [5, 5.41) is 17.9. The molecule has 2 aromatic carbocycles. The van der Waals surface area contributed by atoms with E-state index in [1.165, 1.54) is 12.8 Å². The van der Waals surface area contributed by atoms with Crippen molar-refractivity contribution in [2.45, 2.75) is 18.9 Å². The summed E-state index contributed by atoms with van der Waals surface area (Å²) in [5.74, 6) is 0.732. The molecule has 0 bridgehead atoms. The van der Waals surface area contributed by atoms with Gasteiger partial charge in [0.25, 0.3) is 0 Å². The minimum absolute atomic E-state index is 0.174. The molecule has 1 aliphatic carbocycles. The van der Waals surface area contributed by atoms with Gasteiger partial charge >= 0.3 is 6.03 Å². The Morgan fingerprint density at radius 1 is 1.17 bits per heavy atom. The number of fused-ring (bicyclic) bond motifs is 1. The summed E-state index contributed by atoms with van der Waals surface area (Å²) in [5.41, 5.74) is 0.793. The zero-order valence-electron chi connectivity index (χ0n) is 13.7. The molecule has 0 heterocycles. The SMILES string of the molecule is O=C(NCCOCC1CC1)NCC(O)c1ccc2ccccc2c1. The monoisotopic (exact) mass is 328 g/mol. The maximum atomic E-state index is 11.7. The summed E-state index contributed by atoms with van der Waals surface area (Å²) in [6.45, 7) is 1.97. The zero-order chi connectivity index (χ0) is 16.8. The zero-order valence-corrected chi connectivity index (χ0v) is 13.7. The minimum atomic E-state index is -0.730. The summed E-state index contributed by atoms with van der Waals surface area (Å²) >= 11 is 0. The molecule has 0 saturated heterocycles. The number of aliphatic hydroxyl groups excluding tert-OH is 1. The molecule has 1 saturated carbocycles. The van der Waals surface area contributed by atoms with E-state index in [-0.39, 0.29) is 12.6 Å². The Balaban J connectivity index is 1.38. The molecule has 2 amide bonds. The van der Waals surface area contributed by atoms with E-state index in [1.54, 1.807) is 0 Å². The first-order chi connectivity index (χ1) is 11.7. The van der Waals surface area contributed by atoms with Crippen LogP contribution in [0.25, 0.3) is 10.8 Å². The Hall–Kier alpha value is -2.11. The molecule has 0 aliphatic heterocycles. The van der Waals surface area contributed by atoms with Gasteiger partial charge in [-0.15, -0.1) is 0 Å². The largest absolute Gasteiger partial charge is 0.387 e. The van der Waals surface area contributed by atoms with Crippen molar-refractivity contribution < 1.29 is 14.6 Å². The molecule has 5 heteroatoms. The number of urea groups is 1. The molecule has 1 aliphatic rings. The maximum Gasteiger partial charge on any atom is 0.314 e. The molecular weight excluding hydrogens is 304 g/mol. The number of hydrogen-bond donors (Lipinski definition) is 3. The lowest BCUT2D eigenvalue weighted by Crippen LogP contribution is -2.39. The topological polar surface area (TPSA) is 70.6 Å². The van der Waals surface area contributed by atoms with Gasteiger partial charge < -0.3 is 20.5 Å². The van der Waals surface area contributed by atoms with Crippen LogP contribution in [0.15, 0.2) is 42.5 Å². The van der Waals surface area contributed by atoms with Gasteiger partial charge in [-0.25, -0.2) is 4.79 Å². The highest BCUT2D eigenvalue weighted by molar-refractivity contribution is 5.83. The highest BCUT2D eigenvalue weighted by Crippen LogP contribution is 2.28. The van der Waals surface area contributed by atoms with Crippen LogP contribution in [0.3, 0.4) is 0 Å². The third-order valence-corrected chi connectivity index (χ3v) is 4.20. The minimum Gasteiger partial charge on any atom is -0.387 e. The molecule has 3 N–H and O–H groups in total. The quantitative estimate of drug-likeness (QED) is 0.652. The van der Waals surface area contributed by atoms with Crippen LogP contribution in [0.2, 0.25) is 0 Å². The van der Waals surface area contributed by atoms with Crippen molar-refractivity contribution in [3.05, 3.63) is 48.0 Å². The van der Waals surface area contributed by atoms with Crippen molar-refractivity contribution in [2.24, 2.45) is 5.92 Å². The lowest BCUT2D eigenvalue weighted by atomic mass is 10.0. The molecule has 0 aromatic heterocycles. The van der Waals surface area contributed by atoms with E-state index in [9.17, 15) is 9.90 Å². The van der Waals surface area contributed by atoms with Gasteiger partial charge in [0.05, 0.1) is 12.7 Å². The molecule has 128 valence electrons. The first-order valence-corrected chi connectivity index (χ1v) is 8.48. The van der Waals surface area contributed by atoms with Crippen LogP contribution < -0.4 is 10.6 Å². The smallest absolute Gasteiger partial charge is 0.314 e. The normalized spacial score (nSPS) is 15.2. The second-order valence-electron chi connectivity index (χ2n) is 6.28. The summed E-state index contributed by atoms with van der Waals surface area (Å²) < 4.78 is 5.45. The van der Waals surface area contributed by atoms with Gasteiger partial charge in [-0.05, 0) is 41.2 Å². The summed E-state index contributed by atoms with van der Waals surface area (Å²) in [7, 11) is 0. The summed E-state index contributed by atoms with van der Waals surface area (Å²) in [6, 6.07) is 13.5. The molecule has 24 heavy (non-hydrogen) atoms. The van der Waals surface area contributed by atoms with E-state index in [0.717, 1.165) is 28.9 Å². The van der Waals surface area contributed by atoms with Crippen molar-refractivity contribution >= 4 is 16.8 Å². The lowest BCUT2D eigenvalue weighted by molar-refractivity contribution is 0.126. The van der Waals surface area contributed by atoms with E-state index >= 15 is 0 Å². The van der Waals surface area contributed by atoms with Crippen LogP contribution in [0, 0.1) is 5.92 Å². The third kappa shape index (κ3) is 4.94. The van der Waals surface area contributed by atoms with Crippen LogP contribution in [0.5, 0.6) is 0 Å². The third-order valence-electron chi connectivity index (χ3n) is 4.20. The predicted octanol–water partition coefficient (Wildman–Crippen LogP) is 2.60. The standard InChI is InChI=1S/C19H24N2O3/c22-18(17-8-7-15-3-1-2-4-16(15)11-17)12-21-19(23)20-9-10-24-13-14-5-6-14/h1-4,7-8,11,14,18,22H,5-6,9-10,12-13H2,(H2,20,21,23). The number of rotatable bonds is 8. The number of carbonyl (C=O) groups excluding carboxylic acids is 1. The average Bonchev–Trinajstić information content (AvgIpc) is 3.43. The maximum absolute atomic E-state index is 11.7. The van der Waals surface area contributed by atoms with Crippen molar-refractivity contribution in [3.8, 4) is 0 Å². The van der Waals surface area contributed by atoms with Gasteiger partial charge in [0, 0.05) is 19.7 Å². The Kier molecular flexibility index (Phi) is 5.67. The van der Waals surface area contributed by atoms with Crippen LogP contribution in [0.1, 0.15) is 24.5 Å². The van der Waals surface area contributed by atoms with Gasteiger partial charge in [-0.2, -0.15) is 0 Å². The average molecular weight is 328 g/mol. The Morgan fingerprint density at radius 3 is 2.75 bits per heavy atom. The van der Waals surface area contributed by atoms with Crippen molar-refractivity contribution in [1.29, 1.82) is 0 Å². The van der Waals surface area contributed by atoms with Crippen LogP contribution in [0.4, 0.5) is 4.79 Å². The van der Waals surface area contributed by atoms with E-state index in [2.05, 4.69) is 10.6 Å². The number of hydrogen-bond acceptors (Lipinski definition) is 3. The number of benzene rings is 2. The van der Waals surface area contributed by atoms with Crippen molar-refractivity contribution in [2.75, 3.05) is 26.3 Å². The lowest BCUT2D eigenvalue weighted by Gasteiger charge is -2.14. The van der Waals surface area contributed by atoms with Crippen LogP contribution in [-0.2, 0) is 4.74 Å². The summed E-state index contributed by atoms with van der Waals surface area (Å²) in [6.07, 6.45) is 1.80. The van der Waals surface area contributed by atoms with Gasteiger partial charge in [-0.3, -0.25) is 0 Å². The van der Waals surface area contributed by atoms with E-state index in [1.807, 2.05) is 42.5 Å². The fourth-order valence-electron chi connectivity index (χ4n) is 2.56. The number of aliphatic hydroxyl groups is 1. The summed E-state index contributed by atoms with van der Waals surface area (Å²) in [4.78, 5) is 11.7. The Bertz CT molecular complexity index is 685. The van der Waals surface area contributed by atoms with Crippen molar-refractivity contribution in [1.82, 2.24) is 10.6 Å². The molecule has 2 aromatic rings. The molecule has 5 nitrogen and oxygen atoms in total. The molecule has 1 unspecified atom stereocenters. The molecule has 0 radical (unpaired) electrons. The first kappa shape index (κ1) is 16.7. The van der Waals surface area contributed by atoms with E-state index in [0.29, 0.717) is 13.2 Å². The van der Waals surface area contributed by atoms with Gasteiger partial charge in [0.2, 0.25) is 0 Å². The van der Waals surface area contributed by atoms with Crippen LogP contribution in [-0.4, -0.2) is 37.4 Å². The van der Waals surface area contributed by atoms with Gasteiger partial charge in [0.15, 0.2) is 0 Å². The van der Waals surface area contributed by atoms with E-state index < -0.39 is 6.10 Å². The second-order valence-corrected chi connectivity index (χ2v) is 6.28. The molecular formula is C19H24N2O3. The number of carbonyl (C=O) groups is 1. The number of nitrogens with one attached hydrogen (secondary N) is 2. The molecule has 3 rings (SSSR count).